The zero-order chi connectivity index (χ0) is 18.6. The molecule has 0 fully saturated rings. The monoisotopic (exact) mass is 372 g/mol. The third kappa shape index (κ3) is 5.35. The molecule has 0 saturated heterocycles. The van der Waals surface area contributed by atoms with Crippen molar-refractivity contribution in [3.63, 3.8) is 0 Å². The number of aryl methyl sites for hydroxylation is 1. The molecule has 0 spiro atoms. The molecule has 25 heavy (non-hydrogen) atoms. The number of carbonyl (C=O) groups excluding carboxylic acids is 1. The van der Waals surface area contributed by atoms with Crippen molar-refractivity contribution in [2.75, 3.05) is 6.61 Å². The lowest BCUT2D eigenvalue weighted by Crippen LogP contribution is -2.20. The Labute approximate surface area is 147 Å². The highest BCUT2D eigenvalue weighted by atomic mass is 35.5. The third-order valence-corrected chi connectivity index (χ3v) is 3.81. The summed E-state index contributed by atoms with van der Waals surface area (Å²) in [6, 6.07) is 8.24. The molecule has 8 heteroatoms. The molecular formula is C17H16ClF3N2O2. The van der Waals surface area contributed by atoms with Crippen LogP contribution in [0.2, 0.25) is 5.02 Å². The summed E-state index contributed by atoms with van der Waals surface area (Å²) >= 11 is 5.76. The number of Topliss-reactive ketones (excluding diaryl/α,β-unsaturated/α-hetero) is 1. The van der Waals surface area contributed by atoms with E-state index in [0.717, 1.165) is 10.1 Å². The number of benzene rings is 1. The third-order valence-electron chi connectivity index (χ3n) is 3.55. The van der Waals surface area contributed by atoms with Crippen molar-refractivity contribution < 1.29 is 22.8 Å². The van der Waals surface area contributed by atoms with E-state index in [9.17, 15) is 18.0 Å². The van der Waals surface area contributed by atoms with Crippen molar-refractivity contribution in [3.05, 3.63) is 57.9 Å². The first kappa shape index (κ1) is 19.1. The number of oxime groups is 1. The largest absolute Gasteiger partial charge is 0.406 e. The molecule has 0 unspecified atom stereocenters. The van der Waals surface area contributed by atoms with E-state index in [1.54, 1.807) is 24.3 Å². The minimum Gasteiger partial charge on any atom is -0.387 e. The molecule has 4 nitrogen and oxygen atoms in total. The number of ketones is 1. The van der Waals surface area contributed by atoms with Crippen LogP contribution in [-0.2, 0) is 11.4 Å². The van der Waals surface area contributed by atoms with E-state index in [-0.39, 0.29) is 17.9 Å². The second-order valence-corrected chi connectivity index (χ2v) is 5.91. The van der Waals surface area contributed by atoms with Crippen LogP contribution < -0.4 is 0 Å². The van der Waals surface area contributed by atoms with Crippen LogP contribution in [0.4, 0.5) is 13.2 Å². The summed E-state index contributed by atoms with van der Waals surface area (Å²) in [6.45, 7) is 1.51. The van der Waals surface area contributed by atoms with Gasteiger partial charge in [0.1, 0.15) is 6.54 Å². The fraction of sp³-hybridized carbons (Fsp3) is 0.294. The molecule has 1 aromatic heterocycles. The van der Waals surface area contributed by atoms with Gasteiger partial charge in [0.2, 0.25) is 5.78 Å². The summed E-state index contributed by atoms with van der Waals surface area (Å²) in [5.74, 6) is -0.435. The first-order chi connectivity index (χ1) is 11.7. The van der Waals surface area contributed by atoms with Crippen molar-refractivity contribution in [1.29, 1.82) is 0 Å². The maximum absolute atomic E-state index is 12.6. The highest BCUT2D eigenvalue weighted by Crippen LogP contribution is 2.23. The molecule has 0 N–H and O–H groups in total. The van der Waals surface area contributed by atoms with Crippen molar-refractivity contribution in [2.45, 2.75) is 26.6 Å². The van der Waals surface area contributed by atoms with E-state index in [1.807, 2.05) is 0 Å². The van der Waals surface area contributed by atoms with Gasteiger partial charge in [-0.05, 0) is 37.6 Å². The molecule has 1 heterocycles. The molecular weight excluding hydrogens is 357 g/mol. The van der Waals surface area contributed by atoms with Gasteiger partial charge in [-0.15, -0.1) is 0 Å². The maximum atomic E-state index is 12.6. The SMILES string of the molecule is Cc1cc(C(=O)CO/N=C/c2ccc(Cl)cc2)c(C)n1CC(F)(F)F. The number of nitrogens with zero attached hydrogens (tertiary/aromatic N) is 2. The van der Waals surface area contributed by atoms with Crippen LogP contribution in [0.5, 0.6) is 0 Å². The van der Waals surface area contributed by atoms with Gasteiger partial charge in [0.05, 0.1) is 6.21 Å². The number of rotatable bonds is 6. The summed E-state index contributed by atoms with van der Waals surface area (Å²) in [5.41, 5.74) is 1.55. The Kier molecular flexibility index (Phi) is 5.89. The first-order valence-corrected chi connectivity index (χ1v) is 7.73. The van der Waals surface area contributed by atoms with Crippen LogP contribution in [0.15, 0.2) is 35.5 Å². The zero-order valence-corrected chi connectivity index (χ0v) is 14.4. The summed E-state index contributed by atoms with van der Waals surface area (Å²) in [6.07, 6.45) is -2.94. The number of carbonyl (C=O) groups is 1. The minimum atomic E-state index is -4.35. The maximum Gasteiger partial charge on any atom is 0.406 e. The standard InChI is InChI=1S/C17H16ClF3N2O2/c1-11-7-15(12(2)23(11)10-17(19,20)21)16(24)9-25-22-8-13-3-5-14(18)6-4-13/h3-8H,9-10H2,1-2H3/b22-8+. The Morgan fingerprint density at radius 2 is 1.92 bits per heavy atom. The normalized spacial score (nSPS) is 11.9. The first-order valence-electron chi connectivity index (χ1n) is 7.35. The van der Waals surface area contributed by atoms with Gasteiger partial charge in [0.25, 0.3) is 0 Å². The van der Waals surface area contributed by atoms with E-state index >= 15 is 0 Å². The molecule has 1 aromatic carbocycles. The van der Waals surface area contributed by atoms with Crippen LogP contribution in [0.25, 0.3) is 0 Å². The van der Waals surface area contributed by atoms with Gasteiger partial charge < -0.3 is 9.40 Å². The van der Waals surface area contributed by atoms with Crippen LogP contribution >= 0.6 is 11.6 Å². The summed E-state index contributed by atoms with van der Waals surface area (Å²) in [7, 11) is 0. The van der Waals surface area contributed by atoms with Crippen molar-refractivity contribution in [2.24, 2.45) is 5.16 Å². The minimum absolute atomic E-state index is 0.198. The quantitative estimate of drug-likeness (QED) is 0.424. The van der Waals surface area contributed by atoms with Crippen molar-refractivity contribution in [1.82, 2.24) is 4.57 Å². The number of aromatic nitrogens is 1. The fourth-order valence-corrected chi connectivity index (χ4v) is 2.45. The van der Waals surface area contributed by atoms with Gasteiger partial charge in [-0.1, -0.05) is 28.9 Å². The van der Waals surface area contributed by atoms with Crippen molar-refractivity contribution in [3.8, 4) is 0 Å². The lowest BCUT2D eigenvalue weighted by Gasteiger charge is -2.12. The molecule has 0 saturated carbocycles. The molecule has 0 aliphatic rings. The van der Waals surface area contributed by atoms with E-state index in [2.05, 4.69) is 5.16 Å². The van der Waals surface area contributed by atoms with E-state index < -0.39 is 18.5 Å². The molecule has 0 aliphatic carbocycles. The Bertz CT molecular complexity index is 780. The van der Waals surface area contributed by atoms with Gasteiger partial charge >= 0.3 is 6.18 Å². The number of halogens is 4. The summed E-state index contributed by atoms with van der Waals surface area (Å²) in [5, 5.41) is 4.26. The Morgan fingerprint density at radius 1 is 1.28 bits per heavy atom. The van der Waals surface area contributed by atoms with E-state index in [1.165, 1.54) is 26.1 Å². The fourth-order valence-electron chi connectivity index (χ4n) is 2.33. The topological polar surface area (TPSA) is 43.6 Å². The lowest BCUT2D eigenvalue weighted by molar-refractivity contribution is -0.141. The van der Waals surface area contributed by atoms with Crippen LogP contribution in [0.1, 0.15) is 27.3 Å². The smallest absolute Gasteiger partial charge is 0.387 e. The summed E-state index contributed by atoms with van der Waals surface area (Å²) in [4.78, 5) is 17.1. The highest BCUT2D eigenvalue weighted by Gasteiger charge is 2.30. The number of hydrogen-bond acceptors (Lipinski definition) is 3. The van der Waals surface area contributed by atoms with Gasteiger partial charge in [-0.25, -0.2) is 0 Å². The molecule has 0 radical (unpaired) electrons. The van der Waals surface area contributed by atoms with Crippen LogP contribution in [0, 0.1) is 13.8 Å². The Balaban J connectivity index is 1.99. The van der Waals surface area contributed by atoms with Gasteiger partial charge in [0, 0.05) is 22.0 Å². The average Bonchev–Trinajstić information content (AvgIpc) is 2.80. The molecule has 134 valence electrons. The van der Waals surface area contributed by atoms with Crippen molar-refractivity contribution >= 4 is 23.6 Å². The zero-order valence-electron chi connectivity index (χ0n) is 13.6. The van der Waals surface area contributed by atoms with E-state index in [4.69, 9.17) is 16.4 Å². The molecule has 0 aliphatic heterocycles. The predicted octanol–water partition coefficient (Wildman–Crippen LogP) is 4.55. The second-order valence-electron chi connectivity index (χ2n) is 5.47. The predicted molar refractivity (Wildman–Crippen MR) is 89.3 cm³/mol. The Morgan fingerprint density at radius 3 is 2.52 bits per heavy atom. The molecule has 2 aromatic rings. The molecule has 0 bridgehead atoms. The van der Waals surface area contributed by atoms with Gasteiger partial charge in [-0.2, -0.15) is 13.2 Å². The van der Waals surface area contributed by atoms with E-state index in [0.29, 0.717) is 10.7 Å². The molecule has 2 rings (SSSR count). The second kappa shape index (κ2) is 7.74. The van der Waals surface area contributed by atoms with Crippen LogP contribution in [0.3, 0.4) is 0 Å². The molecule has 0 atom stereocenters. The molecule has 0 amide bonds. The number of hydrogen-bond donors (Lipinski definition) is 0. The number of alkyl halides is 3. The summed E-state index contributed by atoms with van der Waals surface area (Å²) < 4.78 is 38.8. The highest BCUT2D eigenvalue weighted by molar-refractivity contribution is 6.30. The van der Waals surface area contributed by atoms with Gasteiger partial charge in [0.15, 0.2) is 6.61 Å². The average molecular weight is 373 g/mol. The van der Waals surface area contributed by atoms with Gasteiger partial charge in [-0.3, -0.25) is 4.79 Å². The Hall–Kier alpha value is -2.28. The lowest BCUT2D eigenvalue weighted by atomic mass is 10.2. The van der Waals surface area contributed by atoms with Crippen LogP contribution in [-0.4, -0.2) is 29.3 Å².